The van der Waals surface area contributed by atoms with Gasteiger partial charge in [-0.2, -0.15) is 0 Å². The van der Waals surface area contributed by atoms with E-state index in [1.165, 1.54) is 6.07 Å². The highest BCUT2D eigenvalue weighted by atomic mass is 16.6. The van der Waals surface area contributed by atoms with Gasteiger partial charge >= 0.3 is 5.69 Å². The molecule has 6 nitrogen and oxygen atoms in total. The van der Waals surface area contributed by atoms with Gasteiger partial charge in [-0.25, -0.2) is 0 Å². The highest BCUT2D eigenvalue weighted by Crippen LogP contribution is 2.25. The van der Waals surface area contributed by atoms with Gasteiger partial charge in [-0.3, -0.25) is 14.9 Å². The van der Waals surface area contributed by atoms with E-state index in [2.05, 4.69) is 5.92 Å². The van der Waals surface area contributed by atoms with Crippen LogP contribution in [0.25, 0.3) is 0 Å². The van der Waals surface area contributed by atoms with Crippen LogP contribution in [0.3, 0.4) is 0 Å². The number of carbonyl (C=O) groups excluding carboxylic acids is 1. The second kappa shape index (κ2) is 4.11. The van der Waals surface area contributed by atoms with Gasteiger partial charge in [0, 0.05) is 11.6 Å². The minimum Gasteiger partial charge on any atom is -0.502 e. The standard InChI is InChI=1S/C9H6N2O4/c10-9(13)4-2-6-1-3-8(12)7(5-6)11(14)15/h1,3,5,12H,(H2,10,13). The number of primary amides is 1. The molecule has 0 spiro atoms. The van der Waals surface area contributed by atoms with Crippen LogP contribution in [0.4, 0.5) is 5.69 Å². The van der Waals surface area contributed by atoms with Crippen LogP contribution >= 0.6 is 0 Å². The number of aromatic hydroxyl groups is 1. The van der Waals surface area contributed by atoms with Crippen molar-refractivity contribution >= 4 is 11.6 Å². The van der Waals surface area contributed by atoms with Crippen molar-refractivity contribution in [3.8, 4) is 17.6 Å². The molecule has 0 unspecified atom stereocenters. The molecule has 0 saturated carbocycles. The summed E-state index contributed by atoms with van der Waals surface area (Å²) in [6.07, 6.45) is 0. The molecule has 0 atom stereocenters. The first-order chi connectivity index (χ1) is 7.00. The van der Waals surface area contributed by atoms with Crippen LogP contribution in [-0.2, 0) is 4.79 Å². The molecule has 3 N–H and O–H groups in total. The number of carbonyl (C=O) groups is 1. The number of nitro groups is 1. The Balaban J connectivity index is 3.15. The van der Waals surface area contributed by atoms with Gasteiger partial charge < -0.3 is 10.8 Å². The largest absolute Gasteiger partial charge is 0.502 e. The number of rotatable bonds is 1. The Morgan fingerprint density at radius 3 is 2.73 bits per heavy atom. The lowest BCUT2D eigenvalue weighted by molar-refractivity contribution is -0.385. The Hall–Kier alpha value is -2.55. The second-order valence-corrected chi connectivity index (χ2v) is 2.57. The smallest absolute Gasteiger partial charge is 0.311 e. The van der Waals surface area contributed by atoms with Crippen LogP contribution in [0.1, 0.15) is 5.56 Å². The van der Waals surface area contributed by atoms with Crippen molar-refractivity contribution in [2.24, 2.45) is 5.73 Å². The summed E-state index contributed by atoms with van der Waals surface area (Å²) in [5, 5.41) is 19.5. The summed E-state index contributed by atoms with van der Waals surface area (Å²) >= 11 is 0. The monoisotopic (exact) mass is 206 g/mol. The zero-order chi connectivity index (χ0) is 11.4. The van der Waals surface area contributed by atoms with Gasteiger partial charge in [0.15, 0.2) is 5.75 Å². The first-order valence-corrected chi connectivity index (χ1v) is 3.79. The van der Waals surface area contributed by atoms with Crippen LogP contribution in [0.5, 0.6) is 5.75 Å². The summed E-state index contributed by atoms with van der Waals surface area (Å²) in [7, 11) is 0. The normalized spacial score (nSPS) is 8.80. The summed E-state index contributed by atoms with van der Waals surface area (Å²) in [5.74, 6) is 3.08. The van der Waals surface area contributed by atoms with Gasteiger partial charge in [0.05, 0.1) is 4.92 Å². The molecule has 1 aromatic carbocycles. The number of nitrogens with two attached hydrogens (primary N) is 1. The topological polar surface area (TPSA) is 106 Å². The summed E-state index contributed by atoms with van der Waals surface area (Å²) < 4.78 is 0. The lowest BCUT2D eigenvalue weighted by atomic mass is 10.2. The zero-order valence-electron chi connectivity index (χ0n) is 7.43. The third kappa shape index (κ3) is 2.70. The van der Waals surface area contributed by atoms with E-state index in [0.717, 1.165) is 12.1 Å². The van der Waals surface area contributed by atoms with E-state index in [-0.39, 0.29) is 5.56 Å². The number of phenolic OH excluding ortho intramolecular Hbond substituents is 1. The van der Waals surface area contributed by atoms with Crippen LogP contribution in [0, 0.1) is 22.0 Å². The van der Waals surface area contributed by atoms with Crippen molar-refractivity contribution in [2.45, 2.75) is 0 Å². The molecule has 0 saturated heterocycles. The fourth-order valence-corrected chi connectivity index (χ4v) is 0.881. The fourth-order valence-electron chi connectivity index (χ4n) is 0.881. The van der Waals surface area contributed by atoms with Crippen molar-refractivity contribution in [3.05, 3.63) is 33.9 Å². The predicted molar refractivity (Wildman–Crippen MR) is 50.8 cm³/mol. The first kappa shape index (κ1) is 10.5. The Morgan fingerprint density at radius 1 is 1.53 bits per heavy atom. The molecule has 1 amide bonds. The zero-order valence-corrected chi connectivity index (χ0v) is 7.43. The van der Waals surface area contributed by atoms with E-state index < -0.39 is 22.3 Å². The van der Waals surface area contributed by atoms with Crippen LogP contribution < -0.4 is 5.73 Å². The number of benzene rings is 1. The number of hydrogen-bond donors (Lipinski definition) is 2. The average molecular weight is 206 g/mol. The predicted octanol–water partition coefficient (Wildman–Crippen LogP) is 0.137. The molecule has 0 fully saturated rings. The number of amides is 1. The van der Waals surface area contributed by atoms with Crippen molar-refractivity contribution < 1.29 is 14.8 Å². The molecule has 1 rings (SSSR count). The van der Waals surface area contributed by atoms with E-state index in [1.54, 1.807) is 0 Å². The minimum absolute atomic E-state index is 0.235. The summed E-state index contributed by atoms with van der Waals surface area (Å²) in [5.41, 5.74) is 4.54. The molecule has 1 aromatic rings. The molecule has 0 aliphatic heterocycles. The van der Waals surface area contributed by atoms with Crippen molar-refractivity contribution in [3.63, 3.8) is 0 Å². The summed E-state index contributed by atoms with van der Waals surface area (Å²) in [6, 6.07) is 3.53. The SMILES string of the molecule is NC(=O)C#Cc1ccc(O)c([N+](=O)[O-])c1. The number of nitro benzene ring substituents is 1. The Bertz CT molecular complexity index is 485. The third-order valence-electron chi connectivity index (χ3n) is 1.50. The van der Waals surface area contributed by atoms with Crippen molar-refractivity contribution in [1.82, 2.24) is 0 Å². The highest BCUT2D eigenvalue weighted by Gasteiger charge is 2.12. The van der Waals surface area contributed by atoms with E-state index >= 15 is 0 Å². The maximum absolute atomic E-state index is 10.4. The quantitative estimate of drug-likeness (QED) is 0.387. The molecule has 0 radical (unpaired) electrons. The Labute approximate surface area is 84.5 Å². The number of hydrogen-bond acceptors (Lipinski definition) is 4. The van der Waals surface area contributed by atoms with Crippen LogP contribution in [-0.4, -0.2) is 15.9 Å². The molecule has 0 bridgehead atoms. The molecule has 6 heteroatoms. The van der Waals surface area contributed by atoms with Gasteiger partial charge in [0.2, 0.25) is 0 Å². The van der Waals surface area contributed by atoms with Gasteiger partial charge in [0.25, 0.3) is 5.91 Å². The maximum atomic E-state index is 10.4. The lowest BCUT2D eigenvalue weighted by Gasteiger charge is -1.95. The fraction of sp³-hybridized carbons (Fsp3) is 0. The van der Waals surface area contributed by atoms with E-state index in [9.17, 15) is 14.9 Å². The Kier molecular flexibility index (Phi) is 2.88. The van der Waals surface area contributed by atoms with E-state index in [4.69, 9.17) is 10.8 Å². The van der Waals surface area contributed by atoms with E-state index in [1.807, 2.05) is 5.92 Å². The minimum atomic E-state index is -0.828. The molecular weight excluding hydrogens is 200 g/mol. The van der Waals surface area contributed by atoms with Crippen LogP contribution in [0.15, 0.2) is 18.2 Å². The highest BCUT2D eigenvalue weighted by molar-refractivity contribution is 5.92. The Morgan fingerprint density at radius 2 is 2.20 bits per heavy atom. The molecular formula is C9H6N2O4. The molecule has 0 heterocycles. The molecule has 0 aromatic heterocycles. The van der Waals surface area contributed by atoms with E-state index in [0.29, 0.717) is 0 Å². The van der Waals surface area contributed by atoms with Gasteiger partial charge in [-0.05, 0) is 18.1 Å². The van der Waals surface area contributed by atoms with Crippen LogP contribution in [0.2, 0.25) is 0 Å². The summed E-state index contributed by atoms with van der Waals surface area (Å²) in [4.78, 5) is 20.0. The number of nitrogens with zero attached hydrogens (tertiary/aromatic N) is 1. The van der Waals surface area contributed by atoms with Gasteiger partial charge in [-0.1, -0.05) is 5.92 Å². The molecule has 76 valence electrons. The average Bonchev–Trinajstić information content (AvgIpc) is 2.16. The molecule has 0 aliphatic rings. The van der Waals surface area contributed by atoms with Gasteiger partial charge in [-0.15, -0.1) is 0 Å². The second-order valence-electron chi connectivity index (χ2n) is 2.57. The van der Waals surface area contributed by atoms with Crippen molar-refractivity contribution in [2.75, 3.05) is 0 Å². The number of phenols is 1. The molecule has 15 heavy (non-hydrogen) atoms. The third-order valence-corrected chi connectivity index (χ3v) is 1.50. The summed E-state index contributed by atoms with van der Waals surface area (Å²) in [6.45, 7) is 0. The first-order valence-electron chi connectivity index (χ1n) is 3.79. The maximum Gasteiger partial charge on any atom is 0.311 e. The van der Waals surface area contributed by atoms with Gasteiger partial charge in [0.1, 0.15) is 0 Å². The lowest BCUT2D eigenvalue weighted by Crippen LogP contribution is -2.06. The van der Waals surface area contributed by atoms with Crippen molar-refractivity contribution in [1.29, 1.82) is 0 Å². The molecule has 0 aliphatic carbocycles.